The Morgan fingerprint density at radius 1 is 1.15 bits per heavy atom. The largest absolute Gasteiger partial charge is 0.452 e. The first-order valence-electron chi connectivity index (χ1n) is 5.53. The van der Waals surface area contributed by atoms with Gasteiger partial charge in [-0.25, -0.2) is 4.79 Å². The standard InChI is InChI=1S/C12H12Cl2N2O4/c1-15-10(17)5-16-11(18)6-20-12(19)7-2-3-8(13)9(14)4-7/h2-4H,5-6H2,1H3,(H,15,17)(H,16,18). The molecule has 6 nitrogen and oxygen atoms in total. The van der Waals surface area contributed by atoms with Crippen molar-refractivity contribution in [1.29, 1.82) is 0 Å². The minimum absolute atomic E-state index is 0.179. The molecule has 0 atom stereocenters. The summed E-state index contributed by atoms with van der Waals surface area (Å²) in [5, 5.41) is 5.14. The number of carbonyl (C=O) groups excluding carboxylic acids is 3. The van der Waals surface area contributed by atoms with Crippen molar-refractivity contribution in [2.75, 3.05) is 20.2 Å². The highest BCUT2D eigenvalue weighted by Gasteiger charge is 2.12. The molecule has 0 saturated heterocycles. The van der Waals surface area contributed by atoms with E-state index in [0.717, 1.165) is 0 Å². The van der Waals surface area contributed by atoms with E-state index in [-0.39, 0.29) is 23.0 Å². The molecule has 20 heavy (non-hydrogen) atoms. The minimum Gasteiger partial charge on any atom is -0.452 e. The number of halogens is 2. The van der Waals surface area contributed by atoms with Gasteiger partial charge in [-0.1, -0.05) is 23.2 Å². The maximum absolute atomic E-state index is 11.6. The summed E-state index contributed by atoms with van der Waals surface area (Å²) in [6.07, 6.45) is 0. The Morgan fingerprint density at radius 2 is 1.85 bits per heavy atom. The minimum atomic E-state index is -0.710. The molecule has 0 bridgehead atoms. The molecule has 108 valence electrons. The van der Waals surface area contributed by atoms with E-state index in [0.29, 0.717) is 5.02 Å². The van der Waals surface area contributed by atoms with E-state index in [9.17, 15) is 14.4 Å². The molecule has 2 amide bonds. The van der Waals surface area contributed by atoms with Crippen LogP contribution >= 0.6 is 23.2 Å². The van der Waals surface area contributed by atoms with E-state index in [1.807, 2.05) is 0 Å². The van der Waals surface area contributed by atoms with Crippen LogP contribution in [0.1, 0.15) is 10.4 Å². The molecular formula is C12H12Cl2N2O4. The van der Waals surface area contributed by atoms with E-state index in [1.165, 1.54) is 25.2 Å². The zero-order chi connectivity index (χ0) is 15.1. The summed E-state index contributed by atoms with van der Waals surface area (Å²) >= 11 is 11.5. The lowest BCUT2D eigenvalue weighted by molar-refractivity contribution is -0.127. The normalized spacial score (nSPS) is 9.75. The zero-order valence-corrected chi connectivity index (χ0v) is 12.0. The Bertz CT molecular complexity index is 534. The van der Waals surface area contributed by atoms with Gasteiger partial charge in [-0.2, -0.15) is 0 Å². The van der Waals surface area contributed by atoms with E-state index in [2.05, 4.69) is 10.6 Å². The number of esters is 1. The summed E-state index contributed by atoms with van der Waals surface area (Å²) < 4.78 is 4.77. The lowest BCUT2D eigenvalue weighted by atomic mass is 10.2. The van der Waals surface area contributed by atoms with Crippen molar-refractivity contribution in [3.8, 4) is 0 Å². The Kier molecular flexibility index (Phi) is 6.27. The predicted molar refractivity (Wildman–Crippen MR) is 73.8 cm³/mol. The third kappa shape index (κ3) is 5.07. The van der Waals surface area contributed by atoms with Crippen molar-refractivity contribution in [2.24, 2.45) is 0 Å². The van der Waals surface area contributed by atoms with Crippen molar-refractivity contribution in [2.45, 2.75) is 0 Å². The van der Waals surface area contributed by atoms with Crippen molar-refractivity contribution in [1.82, 2.24) is 10.6 Å². The van der Waals surface area contributed by atoms with Crippen molar-refractivity contribution in [3.63, 3.8) is 0 Å². The number of hydrogen-bond donors (Lipinski definition) is 2. The summed E-state index contributed by atoms with van der Waals surface area (Å²) in [4.78, 5) is 33.8. The molecule has 1 aromatic rings. The summed E-state index contributed by atoms with van der Waals surface area (Å²) in [7, 11) is 1.44. The molecule has 0 aromatic heterocycles. The molecule has 1 rings (SSSR count). The average Bonchev–Trinajstić information content (AvgIpc) is 2.44. The smallest absolute Gasteiger partial charge is 0.338 e. The van der Waals surface area contributed by atoms with Crippen molar-refractivity contribution >= 4 is 41.0 Å². The molecule has 0 saturated carbocycles. The predicted octanol–water partition coefficient (Wildman–Crippen LogP) is 1.01. The third-order valence-electron chi connectivity index (χ3n) is 2.21. The van der Waals surface area contributed by atoms with Gasteiger partial charge in [0.2, 0.25) is 5.91 Å². The van der Waals surface area contributed by atoms with E-state index >= 15 is 0 Å². The Balaban J connectivity index is 2.44. The monoisotopic (exact) mass is 318 g/mol. The summed E-state index contributed by atoms with van der Waals surface area (Å²) in [5.74, 6) is -1.64. The molecule has 0 heterocycles. The molecule has 0 aliphatic heterocycles. The van der Waals surface area contributed by atoms with E-state index in [4.69, 9.17) is 27.9 Å². The van der Waals surface area contributed by atoms with Gasteiger partial charge in [0.1, 0.15) is 0 Å². The fraction of sp³-hybridized carbons (Fsp3) is 0.250. The Morgan fingerprint density at radius 3 is 2.45 bits per heavy atom. The molecule has 0 spiro atoms. The number of rotatable bonds is 5. The van der Waals surface area contributed by atoms with Crippen LogP contribution in [0.3, 0.4) is 0 Å². The summed E-state index contributed by atoms with van der Waals surface area (Å²) in [5.41, 5.74) is 0.179. The van der Waals surface area contributed by atoms with Crippen LogP contribution in [0.2, 0.25) is 10.0 Å². The third-order valence-corrected chi connectivity index (χ3v) is 2.95. The fourth-order valence-corrected chi connectivity index (χ4v) is 1.45. The van der Waals surface area contributed by atoms with Gasteiger partial charge < -0.3 is 15.4 Å². The second-order valence-corrected chi connectivity index (χ2v) is 4.47. The first kappa shape index (κ1) is 16.3. The number of hydrogen-bond acceptors (Lipinski definition) is 4. The van der Waals surface area contributed by atoms with Crippen molar-refractivity contribution < 1.29 is 19.1 Å². The highest BCUT2D eigenvalue weighted by molar-refractivity contribution is 6.42. The lowest BCUT2D eigenvalue weighted by Gasteiger charge is -2.06. The van der Waals surface area contributed by atoms with Crippen LogP contribution in [0.4, 0.5) is 0 Å². The van der Waals surface area contributed by atoms with Gasteiger partial charge in [0, 0.05) is 7.05 Å². The average molecular weight is 319 g/mol. The molecule has 2 N–H and O–H groups in total. The number of carbonyl (C=O) groups is 3. The first-order valence-corrected chi connectivity index (χ1v) is 6.29. The van der Waals surface area contributed by atoms with Crippen LogP contribution in [0.25, 0.3) is 0 Å². The lowest BCUT2D eigenvalue weighted by Crippen LogP contribution is -2.37. The number of ether oxygens (including phenoxy) is 1. The van der Waals surface area contributed by atoms with Gasteiger partial charge in [-0.05, 0) is 18.2 Å². The van der Waals surface area contributed by atoms with Crippen LogP contribution in [0, 0.1) is 0 Å². The quantitative estimate of drug-likeness (QED) is 0.794. The first-order chi connectivity index (χ1) is 9.43. The van der Waals surface area contributed by atoms with Gasteiger partial charge >= 0.3 is 5.97 Å². The summed E-state index contributed by atoms with van der Waals surface area (Å²) in [6.45, 7) is -0.671. The topological polar surface area (TPSA) is 84.5 Å². The number of nitrogens with one attached hydrogen (secondary N) is 2. The maximum Gasteiger partial charge on any atom is 0.338 e. The van der Waals surface area contributed by atoms with E-state index < -0.39 is 18.5 Å². The number of amides is 2. The molecule has 1 aromatic carbocycles. The van der Waals surface area contributed by atoms with Crippen LogP contribution in [0.5, 0.6) is 0 Å². The van der Waals surface area contributed by atoms with Crippen LogP contribution in [-0.2, 0) is 14.3 Å². The SMILES string of the molecule is CNC(=O)CNC(=O)COC(=O)c1ccc(Cl)c(Cl)c1. The second-order valence-electron chi connectivity index (χ2n) is 3.65. The second kappa shape index (κ2) is 7.72. The Labute approximate surface area is 125 Å². The van der Waals surface area contributed by atoms with Gasteiger partial charge in [0.05, 0.1) is 22.2 Å². The maximum atomic E-state index is 11.6. The Hall–Kier alpha value is -1.79. The molecule has 0 aliphatic carbocycles. The highest BCUT2D eigenvalue weighted by atomic mass is 35.5. The molecule has 0 aliphatic rings. The van der Waals surface area contributed by atoms with Gasteiger partial charge in [-0.3, -0.25) is 9.59 Å². The van der Waals surface area contributed by atoms with Gasteiger partial charge in [0.15, 0.2) is 6.61 Å². The molecule has 0 unspecified atom stereocenters. The van der Waals surface area contributed by atoms with Gasteiger partial charge in [0.25, 0.3) is 5.91 Å². The van der Waals surface area contributed by atoms with Crippen molar-refractivity contribution in [3.05, 3.63) is 33.8 Å². The fourth-order valence-electron chi connectivity index (χ4n) is 1.16. The molecule has 0 fully saturated rings. The number of benzene rings is 1. The molecular weight excluding hydrogens is 307 g/mol. The van der Waals surface area contributed by atoms with E-state index in [1.54, 1.807) is 0 Å². The van der Waals surface area contributed by atoms with Crippen LogP contribution in [0.15, 0.2) is 18.2 Å². The number of likely N-dealkylation sites (N-methyl/N-ethyl adjacent to an activating group) is 1. The zero-order valence-electron chi connectivity index (χ0n) is 10.5. The van der Waals surface area contributed by atoms with Gasteiger partial charge in [-0.15, -0.1) is 0 Å². The molecule has 8 heteroatoms. The van der Waals surface area contributed by atoms with Crippen LogP contribution < -0.4 is 10.6 Å². The molecule has 0 radical (unpaired) electrons. The highest BCUT2D eigenvalue weighted by Crippen LogP contribution is 2.22. The summed E-state index contributed by atoms with van der Waals surface area (Å²) in [6, 6.07) is 4.22. The van der Waals surface area contributed by atoms with Crippen LogP contribution in [-0.4, -0.2) is 38.0 Å².